The summed E-state index contributed by atoms with van der Waals surface area (Å²) in [6.07, 6.45) is 0.290. The molecule has 1 unspecified atom stereocenters. The molecule has 0 amide bonds. The van der Waals surface area contributed by atoms with Crippen LogP contribution < -0.4 is 0 Å². The third-order valence-electron chi connectivity index (χ3n) is 1.33. The Morgan fingerprint density at radius 2 is 2.00 bits per heavy atom. The Hall–Kier alpha value is -0.990. The van der Waals surface area contributed by atoms with Gasteiger partial charge in [0, 0.05) is 12.3 Å². The first kappa shape index (κ1) is 9.01. The van der Waals surface area contributed by atoms with Gasteiger partial charge in [-0.2, -0.15) is 0 Å². The Balaban J connectivity index is 3.79. The van der Waals surface area contributed by atoms with E-state index in [0.717, 1.165) is 0 Å². The zero-order chi connectivity index (χ0) is 8.15. The fourth-order valence-electron chi connectivity index (χ4n) is 0.494. The van der Waals surface area contributed by atoms with Crippen molar-refractivity contribution in [2.45, 2.75) is 20.3 Å². The van der Waals surface area contributed by atoms with Gasteiger partial charge in [-0.1, -0.05) is 6.92 Å². The molecule has 0 N–H and O–H groups in total. The second-order valence-electron chi connectivity index (χ2n) is 2.30. The normalized spacial score (nSPS) is 12.2. The minimum absolute atomic E-state index is 0.0405. The standard InChI is InChI=1S/C7H10O3/c1-5(6(2)9)3-7(10)4-8/h4-5H,3H2,1-2H3. The highest BCUT2D eigenvalue weighted by Crippen LogP contribution is 2.01. The summed E-state index contributed by atoms with van der Waals surface area (Å²) in [5, 5.41) is 0. The molecule has 3 heteroatoms. The van der Waals surface area contributed by atoms with Gasteiger partial charge in [0.2, 0.25) is 0 Å². The van der Waals surface area contributed by atoms with Crippen LogP contribution in [0.1, 0.15) is 20.3 Å². The summed E-state index contributed by atoms with van der Waals surface area (Å²) in [5.41, 5.74) is 0. The first-order valence-corrected chi connectivity index (χ1v) is 3.06. The van der Waals surface area contributed by atoms with E-state index in [4.69, 9.17) is 0 Å². The molecule has 3 nitrogen and oxygen atoms in total. The third-order valence-corrected chi connectivity index (χ3v) is 1.33. The number of ketones is 2. The predicted molar refractivity (Wildman–Crippen MR) is 35.5 cm³/mol. The third kappa shape index (κ3) is 3.12. The Kier molecular flexibility index (Phi) is 3.54. The van der Waals surface area contributed by atoms with Gasteiger partial charge in [-0.25, -0.2) is 0 Å². The number of rotatable bonds is 4. The lowest BCUT2D eigenvalue weighted by molar-refractivity contribution is -0.132. The molecule has 0 bridgehead atoms. The summed E-state index contributed by atoms with van der Waals surface area (Å²) in [4.78, 5) is 30.7. The summed E-state index contributed by atoms with van der Waals surface area (Å²) in [7, 11) is 0. The van der Waals surface area contributed by atoms with E-state index in [-0.39, 0.29) is 24.4 Å². The second kappa shape index (κ2) is 3.93. The molecule has 0 aliphatic rings. The van der Waals surface area contributed by atoms with Gasteiger partial charge in [-0.05, 0) is 6.92 Å². The zero-order valence-corrected chi connectivity index (χ0v) is 6.09. The van der Waals surface area contributed by atoms with Crippen LogP contribution in [0.4, 0.5) is 0 Å². The molecule has 0 spiro atoms. The number of hydrogen-bond acceptors (Lipinski definition) is 3. The average molecular weight is 142 g/mol. The van der Waals surface area contributed by atoms with Crippen molar-refractivity contribution < 1.29 is 14.4 Å². The molecule has 0 aromatic heterocycles. The van der Waals surface area contributed by atoms with Crippen molar-refractivity contribution in [2.24, 2.45) is 5.92 Å². The molecule has 0 saturated heterocycles. The van der Waals surface area contributed by atoms with Crippen LogP contribution in [0.3, 0.4) is 0 Å². The first-order chi connectivity index (χ1) is 4.57. The summed E-state index contributed by atoms with van der Waals surface area (Å²) in [6.45, 7) is 3.03. The van der Waals surface area contributed by atoms with Gasteiger partial charge in [0.05, 0.1) is 0 Å². The van der Waals surface area contributed by atoms with Crippen LogP contribution in [0.25, 0.3) is 0 Å². The van der Waals surface area contributed by atoms with Gasteiger partial charge < -0.3 is 0 Å². The molecule has 0 saturated carbocycles. The van der Waals surface area contributed by atoms with Gasteiger partial charge in [0.1, 0.15) is 5.78 Å². The average Bonchev–Trinajstić information content (AvgIpc) is 1.87. The van der Waals surface area contributed by atoms with Crippen LogP contribution in [0, 0.1) is 5.92 Å². The maximum atomic E-state index is 10.5. The zero-order valence-electron chi connectivity index (χ0n) is 6.09. The summed E-state index contributed by atoms with van der Waals surface area (Å²) >= 11 is 0. The molecule has 1 atom stereocenters. The number of carbonyl (C=O) groups is 3. The van der Waals surface area contributed by atoms with Gasteiger partial charge in [-0.15, -0.1) is 0 Å². The molecular weight excluding hydrogens is 132 g/mol. The highest BCUT2D eigenvalue weighted by Gasteiger charge is 2.11. The monoisotopic (exact) mass is 142 g/mol. The largest absolute Gasteiger partial charge is 0.300 e. The Morgan fingerprint density at radius 1 is 1.50 bits per heavy atom. The lowest BCUT2D eigenvalue weighted by atomic mass is 10.0. The number of carbonyl (C=O) groups excluding carboxylic acids is 3. The SMILES string of the molecule is CC(=O)C(C)CC(=O)C=O. The van der Waals surface area contributed by atoms with Gasteiger partial charge in [0.25, 0.3) is 0 Å². The van der Waals surface area contributed by atoms with Crippen LogP contribution in [-0.4, -0.2) is 17.9 Å². The van der Waals surface area contributed by atoms with E-state index < -0.39 is 5.78 Å². The fourth-order valence-corrected chi connectivity index (χ4v) is 0.494. The molecule has 56 valence electrons. The van der Waals surface area contributed by atoms with E-state index in [0.29, 0.717) is 0 Å². The lowest BCUT2D eigenvalue weighted by Crippen LogP contribution is -2.12. The van der Waals surface area contributed by atoms with Crippen molar-refractivity contribution in [3.8, 4) is 0 Å². The van der Waals surface area contributed by atoms with E-state index >= 15 is 0 Å². The molecular formula is C7H10O3. The summed E-state index contributed by atoms with van der Waals surface area (Å²) < 4.78 is 0. The van der Waals surface area contributed by atoms with Crippen molar-refractivity contribution in [2.75, 3.05) is 0 Å². The van der Waals surface area contributed by atoms with Crippen LogP contribution in [0.15, 0.2) is 0 Å². The molecule has 0 aromatic rings. The molecule has 0 aliphatic carbocycles. The molecule has 0 rings (SSSR count). The summed E-state index contributed by atoms with van der Waals surface area (Å²) in [6, 6.07) is 0. The number of hydrogen-bond donors (Lipinski definition) is 0. The topological polar surface area (TPSA) is 51.2 Å². The highest BCUT2D eigenvalue weighted by atomic mass is 16.2. The van der Waals surface area contributed by atoms with Gasteiger partial charge in [0.15, 0.2) is 12.1 Å². The quantitative estimate of drug-likeness (QED) is 0.421. The number of Topliss-reactive ketones (excluding diaryl/α,β-unsaturated/α-hetero) is 2. The van der Waals surface area contributed by atoms with E-state index in [1.807, 2.05) is 0 Å². The lowest BCUT2D eigenvalue weighted by Gasteiger charge is -2.00. The smallest absolute Gasteiger partial charge is 0.195 e. The van der Waals surface area contributed by atoms with E-state index in [9.17, 15) is 14.4 Å². The molecule has 0 aromatic carbocycles. The van der Waals surface area contributed by atoms with Crippen molar-refractivity contribution in [1.29, 1.82) is 0 Å². The van der Waals surface area contributed by atoms with E-state index in [1.165, 1.54) is 6.92 Å². The van der Waals surface area contributed by atoms with Gasteiger partial charge >= 0.3 is 0 Å². The Morgan fingerprint density at radius 3 is 2.30 bits per heavy atom. The van der Waals surface area contributed by atoms with Crippen LogP contribution in [0.2, 0.25) is 0 Å². The van der Waals surface area contributed by atoms with E-state index in [2.05, 4.69) is 0 Å². The minimum Gasteiger partial charge on any atom is -0.300 e. The maximum Gasteiger partial charge on any atom is 0.195 e. The second-order valence-corrected chi connectivity index (χ2v) is 2.30. The van der Waals surface area contributed by atoms with Crippen LogP contribution in [0.5, 0.6) is 0 Å². The summed E-state index contributed by atoms with van der Waals surface area (Å²) in [5.74, 6) is -0.893. The molecule has 0 radical (unpaired) electrons. The minimum atomic E-state index is -0.511. The molecule has 0 aliphatic heterocycles. The maximum absolute atomic E-state index is 10.5. The Bertz CT molecular complexity index is 160. The van der Waals surface area contributed by atoms with Crippen LogP contribution in [-0.2, 0) is 14.4 Å². The van der Waals surface area contributed by atoms with Crippen molar-refractivity contribution in [3.05, 3.63) is 0 Å². The number of aldehydes is 1. The van der Waals surface area contributed by atoms with Crippen LogP contribution >= 0.6 is 0 Å². The first-order valence-electron chi connectivity index (χ1n) is 3.06. The Labute approximate surface area is 59.4 Å². The molecule has 0 fully saturated rings. The van der Waals surface area contributed by atoms with Crippen molar-refractivity contribution >= 4 is 17.9 Å². The predicted octanol–water partition coefficient (Wildman–Crippen LogP) is 0.370. The van der Waals surface area contributed by atoms with Gasteiger partial charge in [-0.3, -0.25) is 14.4 Å². The van der Waals surface area contributed by atoms with E-state index in [1.54, 1.807) is 6.92 Å². The fraction of sp³-hybridized carbons (Fsp3) is 0.571. The van der Waals surface area contributed by atoms with Crippen molar-refractivity contribution in [1.82, 2.24) is 0 Å². The van der Waals surface area contributed by atoms with Crippen molar-refractivity contribution in [3.63, 3.8) is 0 Å². The molecule has 0 heterocycles. The molecule has 10 heavy (non-hydrogen) atoms. The highest BCUT2D eigenvalue weighted by molar-refractivity contribution is 6.25.